The van der Waals surface area contributed by atoms with Crippen LogP contribution in [-0.2, 0) is 0 Å². The topological polar surface area (TPSA) is 50.2 Å². The van der Waals surface area contributed by atoms with Crippen LogP contribution < -0.4 is 5.32 Å². The first-order chi connectivity index (χ1) is 10.7. The number of nitrogens with one attached hydrogen (secondary N) is 1. The molecule has 2 heterocycles. The molecule has 1 aliphatic rings. The minimum absolute atomic E-state index is 0. The molecular formula is C16H20BrClN4O. The lowest BCUT2D eigenvalue weighted by molar-refractivity contribution is 0.0781. The van der Waals surface area contributed by atoms with E-state index in [-0.39, 0.29) is 18.3 Å². The predicted molar refractivity (Wildman–Crippen MR) is 96.4 cm³/mol. The Hall–Kier alpha value is -1.37. The minimum Gasteiger partial charge on any atom is -0.337 e. The Bertz CT molecular complexity index is 676. The zero-order chi connectivity index (χ0) is 15.5. The van der Waals surface area contributed by atoms with Crippen molar-refractivity contribution in [1.82, 2.24) is 20.0 Å². The largest absolute Gasteiger partial charge is 0.337 e. The summed E-state index contributed by atoms with van der Waals surface area (Å²) in [4.78, 5) is 14.4. The second kappa shape index (κ2) is 7.95. The van der Waals surface area contributed by atoms with Crippen molar-refractivity contribution in [3.8, 4) is 5.69 Å². The molecule has 124 valence electrons. The molecule has 2 aromatic rings. The summed E-state index contributed by atoms with van der Waals surface area (Å²) in [6, 6.07) is 9.64. The number of benzene rings is 1. The highest BCUT2D eigenvalue weighted by atomic mass is 79.9. The number of carbonyl (C=O) groups excluding carboxylic acids is 1. The maximum absolute atomic E-state index is 12.5. The van der Waals surface area contributed by atoms with Crippen molar-refractivity contribution in [2.45, 2.75) is 6.42 Å². The lowest BCUT2D eigenvalue weighted by atomic mass is 10.1. The summed E-state index contributed by atoms with van der Waals surface area (Å²) in [7, 11) is 1.95. The van der Waals surface area contributed by atoms with Crippen molar-refractivity contribution >= 4 is 34.2 Å². The van der Waals surface area contributed by atoms with E-state index >= 15 is 0 Å². The number of rotatable bonds is 4. The molecule has 3 rings (SSSR count). The number of likely N-dealkylation sites (tertiary alicyclic amines) is 1. The highest BCUT2D eigenvalue weighted by molar-refractivity contribution is 9.10. The molecule has 23 heavy (non-hydrogen) atoms. The molecule has 1 unspecified atom stereocenters. The smallest absolute Gasteiger partial charge is 0.274 e. The molecule has 1 amide bonds. The Balaban J connectivity index is 0.00000192. The molecule has 1 fully saturated rings. The summed E-state index contributed by atoms with van der Waals surface area (Å²) >= 11 is 3.45. The Morgan fingerprint density at radius 1 is 1.43 bits per heavy atom. The van der Waals surface area contributed by atoms with E-state index in [1.165, 1.54) is 0 Å². The van der Waals surface area contributed by atoms with Gasteiger partial charge in [0.15, 0.2) is 5.69 Å². The molecule has 0 saturated carbocycles. The van der Waals surface area contributed by atoms with Crippen molar-refractivity contribution in [1.29, 1.82) is 0 Å². The van der Waals surface area contributed by atoms with Crippen LogP contribution in [0.2, 0.25) is 0 Å². The Kier molecular flexibility index (Phi) is 6.21. The molecule has 1 aliphatic heterocycles. The summed E-state index contributed by atoms with van der Waals surface area (Å²) < 4.78 is 2.72. The van der Waals surface area contributed by atoms with E-state index in [2.05, 4.69) is 26.3 Å². The first kappa shape index (κ1) is 18.0. The number of aromatic nitrogens is 2. The van der Waals surface area contributed by atoms with Crippen LogP contribution in [0.4, 0.5) is 0 Å². The molecule has 0 radical (unpaired) electrons. The summed E-state index contributed by atoms with van der Waals surface area (Å²) in [6.45, 7) is 2.58. The fourth-order valence-electron chi connectivity index (χ4n) is 2.83. The number of hydrogen-bond acceptors (Lipinski definition) is 3. The third-order valence-corrected chi connectivity index (χ3v) is 4.44. The van der Waals surface area contributed by atoms with Crippen LogP contribution in [0.3, 0.4) is 0 Å². The van der Waals surface area contributed by atoms with E-state index in [4.69, 9.17) is 0 Å². The molecule has 1 N–H and O–H groups in total. The van der Waals surface area contributed by atoms with Crippen LogP contribution in [0.15, 0.2) is 41.0 Å². The van der Waals surface area contributed by atoms with Crippen molar-refractivity contribution in [2.24, 2.45) is 5.92 Å². The van der Waals surface area contributed by atoms with E-state index in [1.54, 1.807) is 10.7 Å². The molecule has 7 heteroatoms. The SMILES string of the molecule is CNCC1CCN(C(=O)c2ccn(-c3cccc(Br)c3)n2)C1.Cl. The van der Waals surface area contributed by atoms with Gasteiger partial charge in [-0.1, -0.05) is 22.0 Å². The third-order valence-electron chi connectivity index (χ3n) is 3.95. The second-order valence-electron chi connectivity index (χ2n) is 5.59. The molecule has 1 aromatic heterocycles. The summed E-state index contributed by atoms with van der Waals surface area (Å²) in [5, 5.41) is 7.60. The quantitative estimate of drug-likeness (QED) is 0.860. The van der Waals surface area contributed by atoms with Gasteiger partial charge in [-0.15, -0.1) is 12.4 Å². The summed E-state index contributed by atoms with van der Waals surface area (Å²) in [5.74, 6) is 0.563. The number of amides is 1. The van der Waals surface area contributed by atoms with Crippen LogP contribution in [0.5, 0.6) is 0 Å². The van der Waals surface area contributed by atoms with Crippen molar-refractivity contribution in [3.63, 3.8) is 0 Å². The fourth-order valence-corrected chi connectivity index (χ4v) is 3.22. The molecule has 1 aromatic carbocycles. The van der Waals surface area contributed by atoms with E-state index in [1.807, 2.05) is 42.4 Å². The molecular weight excluding hydrogens is 380 g/mol. The number of halogens is 2. The van der Waals surface area contributed by atoms with E-state index in [9.17, 15) is 4.79 Å². The van der Waals surface area contributed by atoms with Gasteiger partial charge < -0.3 is 10.2 Å². The summed E-state index contributed by atoms with van der Waals surface area (Å²) in [6.07, 6.45) is 2.88. The average molecular weight is 400 g/mol. The molecule has 0 aliphatic carbocycles. The monoisotopic (exact) mass is 398 g/mol. The van der Waals surface area contributed by atoms with Gasteiger partial charge in [0.2, 0.25) is 0 Å². The van der Waals surface area contributed by atoms with E-state index in [0.29, 0.717) is 11.6 Å². The highest BCUT2D eigenvalue weighted by Gasteiger charge is 2.27. The van der Waals surface area contributed by atoms with E-state index in [0.717, 1.165) is 36.2 Å². The van der Waals surface area contributed by atoms with Crippen molar-refractivity contribution in [3.05, 3.63) is 46.7 Å². The number of hydrogen-bond donors (Lipinski definition) is 1. The third kappa shape index (κ3) is 4.13. The zero-order valence-electron chi connectivity index (χ0n) is 12.9. The first-order valence-electron chi connectivity index (χ1n) is 7.43. The first-order valence-corrected chi connectivity index (χ1v) is 8.22. The molecule has 0 bridgehead atoms. The molecule has 1 atom stereocenters. The van der Waals surface area contributed by atoms with Gasteiger partial charge in [0, 0.05) is 23.8 Å². The van der Waals surface area contributed by atoms with Crippen LogP contribution in [0.25, 0.3) is 5.69 Å². The fraction of sp³-hybridized carbons (Fsp3) is 0.375. The number of carbonyl (C=O) groups is 1. The maximum atomic E-state index is 12.5. The van der Waals surface area contributed by atoms with E-state index < -0.39 is 0 Å². The van der Waals surface area contributed by atoms with Crippen molar-refractivity contribution in [2.75, 3.05) is 26.7 Å². The zero-order valence-corrected chi connectivity index (χ0v) is 15.3. The molecule has 1 saturated heterocycles. The van der Waals surface area contributed by atoms with Gasteiger partial charge in [-0.05, 0) is 50.2 Å². The van der Waals surface area contributed by atoms with Gasteiger partial charge in [-0.25, -0.2) is 4.68 Å². The lowest BCUT2D eigenvalue weighted by Crippen LogP contribution is -2.30. The minimum atomic E-state index is 0. The van der Waals surface area contributed by atoms with Crippen LogP contribution in [0.1, 0.15) is 16.9 Å². The Morgan fingerprint density at radius 2 is 2.26 bits per heavy atom. The van der Waals surface area contributed by atoms with Gasteiger partial charge in [0.05, 0.1) is 5.69 Å². The molecule has 5 nitrogen and oxygen atoms in total. The standard InChI is InChI=1S/C16H19BrN4O.ClH/c1-18-10-12-5-7-20(11-12)16(22)15-6-8-21(19-15)14-4-2-3-13(17)9-14;/h2-4,6,8-9,12,18H,5,7,10-11H2,1H3;1H. The lowest BCUT2D eigenvalue weighted by Gasteiger charge is -2.15. The van der Waals surface area contributed by atoms with Gasteiger partial charge in [-0.2, -0.15) is 5.10 Å². The van der Waals surface area contributed by atoms with Crippen LogP contribution in [-0.4, -0.2) is 47.3 Å². The normalized spacial score (nSPS) is 17.1. The number of nitrogens with zero attached hydrogens (tertiary/aromatic N) is 3. The molecule has 0 spiro atoms. The second-order valence-corrected chi connectivity index (χ2v) is 6.50. The van der Waals surface area contributed by atoms with Crippen LogP contribution >= 0.6 is 28.3 Å². The van der Waals surface area contributed by atoms with Gasteiger partial charge in [0.1, 0.15) is 0 Å². The Morgan fingerprint density at radius 3 is 3.00 bits per heavy atom. The van der Waals surface area contributed by atoms with Gasteiger partial charge >= 0.3 is 0 Å². The maximum Gasteiger partial charge on any atom is 0.274 e. The highest BCUT2D eigenvalue weighted by Crippen LogP contribution is 2.19. The predicted octanol–water partition coefficient (Wildman–Crippen LogP) is 2.74. The Labute approximate surface area is 150 Å². The average Bonchev–Trinajstić information content (AvgIpc) is 3.16. The van der Waals surface area contributed by atoms with Gasteiger partial charge in [0.25, 0.3) is 5.91 Å². The van der Waals surface area contributed by atoms with Crippen LogP contribution in [0, 0.1) is 5.92 Å². The van der Waals surface area contributed by atoms with Gasteiger partial charge in [-0.3, -0.25) is 4.79 Å². The summed E-state index contributed by atoms with van der Waals surface area (Å²) in [5.41, 5.74) is 1.44. The van der Waals surface area contributed by atoms with Crippen molar-refractivity contribution < 1.29 is 4.79 Å².